The molecule has 3 nitrogen and oxygen atoms in total. The zero-order chi connectivity index (χ0) is 10.8. The molecular weight excluding hydrogens is 246 g/mol. The van der Waals surface area contributed by atoms with E-state index in [9.17, 15) is 4.79 Å². The van der Waals surface area contributed by atoms with Gasteiger partial charge in [0.15, 0.2) is 0 Å². The molecule has 0 atom stereocenters. The number of hydrogen-bond donors (Lipinski definition) is 2. The normalized spacial score (nSPS) is 11.1. The quantitative estimate of drug-likeness (QED) is 0.856. The van der Waals surface area contributed by atoms with E-state index in [2.05, 4.69) is 21.2 Å². The second-order valence-corrected chi connectivity index (χ2v) is 4.48. The molecule has 0 unspecified atom stereocenters. The molecule has 0 bridgehead atoms. The van der Waals surface area contributed by atoms with Crippen LogP contribution in [-0.2, 0) is 5.54 Å². The molecule has 1 amide bonds. The predicted molar refractivity (Wildman–Crippen MR) is 58.3 cm³/mol. The van der Waals surface area contributed by atoms with Crippen molar-refractivity contribution >= 4 is 22.0 Å². The Hall–Kier alpha value is -1.03. The Morgan fingerprint density at radius 3 is 2.29 bits per heavy atom. The lowest BCUT2D eigenvalue weighted by molar-refractivity contribution is 0.182. The highest BCUT2D eigenvalue weighted by Crippen LogP contribution is 2.21. The van der Waals surface area contributed by atoms with Crippen molar-refractivity contribution < 1.29 is 9.90 Å². The molecule has 1 rings (SSSR count). The van der Waals surface area contributed by atoms with Gasteiger partial charge in [0.2, 0.25) is 0 Å². The van der Waals surface area contributed by atoms with Crippen LogP contribution in [-0.4, -0.2) is 11.2 Å². The predicted octanol–water partition coefficient (Wildman–Crippen LogP) is 2.95. The van der Waals surface area contributed by atoms with Gasteiger partial charge in [0.05, 0.1) is 5.54 Å². The van der Waals surface area contributed by atoms with Crippen LogP contribution in [0, 0.1) is 0 Å². The molecule has 1 aromatic carbocycles. The molecule has 0 aliphatic heterocycles. The molecule has 0 spiro atoms. The number of halogens is 1. The Kier molecular flexibility index (Phi) is 3.16. The standard InChI is InChI=1S/C10H12BrNO2/c1-10(2,12-9(13)14)7-3-5-8(11)6-4-7/h3-6,12H,1-2H3,(H,13,14). The maximum absolute atomic E-state index is 10.5. The molecule has 0 aliphatic rings. The van der Waals surface area contributed by atoms with Crippen molar-refractivity contribution in [2.45, 2.75) is 19.4 Å². The Labute approximate surface area is 91.3 Å². The molecule has 4 heteroatoms. The average Bonchev–Trinajstić information content (AvgIpc) is 2.02. The van der Waals surface area contributed by atoms with Gasteiger partial charge in [0, 0.05) is 4.47 Å². The maximum atomic E-state index is 10.5. The number of amides is 1. The van der Waals surface area contributed by atoms with Crippen molar-refractivity contribution in [2.24, 2.45) is 0 Å². The fourth-order valence-electron chi connectivity index (χ4n) is 1.21. The summed E-state index contributed by atoms with van der Waals surface area (Å²) in [5.41, 5.74) is 0.370. The molecular formula is C10H12BrNO2. The molecule has 14 heavy (non-hydrogen) atoms. The van der Waals surface area contributed by atoms with Crippen LogP contribution < -0.4 is 5.32 Å². The smallest absolute Gasteiger partial charge is 0.405 e. The third-order valence-electron chi connectivity index (χ3n) is 1.99. The summed E-state index contributed by atoms with van der Waals surface area (Å²) >= 11 is 3.33. The van der Waals surface area contributed by atoms with Crippen LogP contribution in [0.15, 0.2) is 28.7 Å². The molecule has 0 saturated heterocycles. The first-order valence-corrected chi connectivity index (χ1v) is 4.98. The fraction of sp³-hybridized carbons (Fsp3) is 0.300. The monoisotopic (exact) mass is 257 g/mol. The van der Waals surface area contributed by atoms with Gasteiger partial charge in [-0.2, -0.15) is 0 Å². The van der Waals surface area contributed by atoms with Gasteiger partial charge in [0.1, 0.15) is 0 Å². The molecule has 76 valence electrons. The van der Waals surface area contributed by atoms with Crippen molar-refractivity contribution in [1.29, 1.82) is 0 Å². The number of carboxylic acid groups (broad SMARTS) is 1. The lowest BCUT2D eigenvalue weighted by Crippen LogP contribution is -2.39. The summed E-state index contributed by atoms with van der Waals surface area (Å²) in [6.45, 7) is 3.65. The molecule has 0 saturated carbocycles. The van der Waals surface area contributed by atoms with Gasteiger partial charge >= 0.3 is 6.09 Å². The minimum atomic E-state index is -1.02. The second kappa shape index (κ2) is 4.00. The summed E-state index contributed by atoms with van der Waals surface area (Å²) in [6.07, 6.45) is -1.02. The highest BCUT2D eigenvalue weighted by molar-refractivity contribution is 9.10. The lowest BCUT2D eigenvalue weighted by atomic mass is 9.95. The van der Waals surface area contributed by atoms with E-state index in [4.69, 9.17) is 5.11 Å². The summed E-state index contributed by atoms with van der Waals surface area (Å²) in [5, 5.41) is 11.1. The number of benzene rings is 1. The third-order valence-corrected chi connectivity index (χ3v) is 2.51. The Balaban J connectivity index is 2.91. The van der Waals surface area contributed by atoms with Crippen molar-refractivity contribution in [2.75, 3.05) is 0 Å². The highest BCUT2D eigenvalue weighted by Gasteiger charge is 2.21. The summed E-state index contributed by atoms with van der Waals surface area (Å²) in [7, 11) is 0. The third kappa shape index (κ3) is 2.73. The van der Waals surface area contributed by atoms with Crippen LogP contribution in [0.3, 0.4) is 0 Å². The van der Waals surface area contributed by atoms with Crippen molar-refractivity contribution in [1.82, 2.24) is 5.32 Å². The van der Waals surface area contributed by atoms with E-state index in [-0.39, 0.29) is 0 Å². The van der Waals surface area contributed by atoms with E-state index in [0.29, 0.717) is 0 Å². The average molecular weight is 258 g/mol. The van der Waals surface area contributed by atoms with Crippen molar-refractivity contribution in [3.05, 3.63) is 34.3 Å². The first-order chi connectivity index (χ1) is 6.42. The molecule has 1 aromatic rings. The molecule has 0 aliphatic carbocycles. The number of carbonyl (C=O) groups is 1. The van der Waals surface area contributed by atoms with Crippen LogP contribution in [0.2, 0.25) is 0 Å². The number of hydrogen-bond acceptors (Lipinski definition) is 1. The minimum absolute atomic E-state index is 0.563. The van der Waals surface area contributed by atoms with Gasteiger partial charge in [-0.15, -0.1) is 0 Å². The van der Waals surface area contributed by atoms with Crippen LogP contribution in [0.4, 0.5) is 4.79 Å². The topological polar surface area (TPSA) is 49.3 Å². The number of nitrogens with one attached hydrogen (secondary N) is 1. The van der Waals surface area contributed by atoms with Gasteiger partial charge < -0.3 is 10.4 Å². The first kappa shape index (κ1) is 11.0. The highest BCUT2D eigenvalue weighted by atomic mass is 79.9. The molecule has 0 aromatic heterocycles. The van der Waals surface area contributed by atoms with Gasteiger partial charge in [-0.25, -0.2) is 4.79 Å². The largest absolute Gasteiger partial charge is 0.465 e. The van der Waals surface area contributed by atoms with E-state index in [1.54, 1.807) is 0 Å². The van der Waals surface area contributed by atoms with Gasteiger partial charge in [-0.05, 0) is 31.5 Å². The SMILES string of the molecule is CC(C)(NC(=O)O)c1ccc(Br)cc1. The lowest BCUT2D eigenvalue weighted by Gasteiger charge is -2.25. The summed E-state index contributed by atoms with van der Waals surface area (Å²) < 4.78 is 0.979. The van der Waals surface area contributed by atoms with E-state index >= 15 is 0 Å². The minimum Gasteiger partial charge on any atom is -0.465 e. The number of rotatable bonds is 2. The van der Waals surface area contributed by atoms with Crippen LogP contribution in [0.25, 0.3) is 0 Å². The van der Waals surface area contributed by atoms with E-state index in [1.807, 2.05) is 38.1 Å². The van der Waals surface area contributed by atoms with Crippen molar-refractivity contribution in [3.63, 3.8) is 0 Å². The maximum Gasteiger partial charge on any atom is 0.405 e. The van der Waals surface area contributed by atoms with Gasteiger partial charge in [-0.1, -0.05) is 28.1 Å². The second-order valence-electron chi connectivity index (χ2n) is 3.56. The summed E-state index contributed by atoms with van der Waals surface area (Å²) in [4.78, 5) is 10.5. The zero-order valence-corrected chi connectivity index (χ0v) is 9.63. The Morgan fingerprint density at radius 2 is 1.86 bits per heavy atom. The summed E-state index contributed by atoms with van der Waals surface area (Å²) in [5.74, 6) is 0. The van der Waals surface area contributed by atoms with Gasteiger partial charge in [0.25, 0.3) is 0 Å². The Morgan fingerprint density at radius 1 is 1.36 bits per heavy atom. The Bertz CT molecular complexity index is 332. The van der Waals surface area contributed by atoms with Crippen LogP contribution >= 0.6 is 15.9 Å². The molecule has 0 heterocycles. The molecule has 0 fully saturated rings. The van der Waals surface area contributed by atoms with E-state index < -0.39 is 11.6 Å². The summed E-state index contributed by atoms with van der Waals surface area (Å²) in [6, 6.07) is 7.56. The van der Waals surface area contributed by atoms with E-state index in [0.717, 1.165) is 10.0 Å². The molecule has 2 N–H and O–H groups in total. The zero-order valence-electron chi connectivity index (χ0n) is 8.04. The van der Waals surface area contributed by atoms with Crippen LogP contribution in [0.5, 0.6) is 0 Å². The molecule has 0 radical (unpaired) electrons. The van der Waals surface area contributed by atoms with E-state index in [1.165, 1.54) is 0 Å². The van der Waals surface area contributed by atoms with Crippen LogP contribution in [0.1, 0.15) is 19.4 Å². The fourth-order valence-corrected chi connectivity index (χ4v) is 1.47. The van der Waals surface area contributed by atoms with Crippen molar-refractivity contribution in [3.8, 4) is 0 Å². The van der Waals surface area contributed by atoms with Gasteiger partial charge in [-0.3, -0.25) is 0 Å². The first-order valence-electron chi connectivity index (χ1n) is 4.19.